The first kappa shape index (κ1) is 14.6. The predicted octanol–water partition coefficient (Wildman–Crippen LogP) is 2.99. The van der Waals surface area contributed by atoms with E-state index in [1.54, 1.807) is 0 Å². The van der Waals surface area contributed by atoms with Crippen LogP contribution in [0.25, 0.3) is 0 Å². The third-order valence-electron chi connectivity index (χ3n) is 2.82. The summed E-state index contributed by atoms with van der Waals surface area (Å²) in [4.78, 5) is 11.6. The molecule has 1 N–H and O–H groups in total. The van der Waals surface area contributed by atoms with Crippen molar-refractivity contribution < 1.29 is 9.53 Å². The Morgan fingerprint density at radius 3 is 2.72 bits per heavy atom. The number of aryl methyl sites for hydroxylation is 2. The quantitative estimate of drug-likeness (QED) is 0.841. The van der Waals surface area contributed by atoms with Crippen LogP contribution >= 0.6 is 0 Å². The van der Waals surface area contributed by atoms with E-state index in [0.29, 0.717) is 0 Å². The van der Waals surface area contributed by atoms with Crippen LogP contribution in [0, 0.1) is 13.8 Å². The molecule has 0 aliphatic heterocycles. The third kappa shape index (κ3) is 4.78. The summed E-state index contributed by atoms with van der Waals surface area (Å²) in [7, 11) is 0. The number of hydrogen-bond donors (Lipinski definition) is 1. The average Bonchev–Trinajstić information content (AvgIpc) is 2.28. The highest BCUT2D eigenvalue weighted by molar-refractivity contribution is 5.77. The normalized spacial score (nSPS) is 12.0. The Bertz CT molecular complexity index is 401. The molecule has 0 aromatic heterocycles. The lowest BCUT2D eigenvalue weighted by molar-refractivity contribution is -0.123. The molecule has 1 aromatic rings. The van der Waals surface area contributed by atoms with Gasteiger partial charge >= 0.3 is 0 Å². The summed E-state index contributed by atoms with van der Waals surface area (Å²) >= 11 is 0. The van der Waals surface area contributed by atoms with E-state index in [4.69, 9.17) is 4.74 Å². The topological polar surface area (TPSA) is 38.3 Å². The van der Waals surface area contributed by atoms with Crippen LogP contribution in [0.15, 0.2) is 18.2 Å². The standard InChI is InChI=1S/C15H23NO2/c1-5-6-13(4)16-15(17)10-18-14-8-7-11(2)9-12(14)3/h7-9,13H,5-6,10H2,1-4H3,(H,16,17)/t13-/m0/s1. The molecule has 100 valence electrons. The molecule has 0 radical (unpaired) electrons. The van der Waals surface area contributed by atoms with Crippen LogP contribution in [0.4, 0.5) is 0 Å². The molecule has 1 atom stereocenters. The van der Waals surface area contributed by atoms with Crippen molar-refractivity contribution in [1.29, 1.82) is 0 Å². The van der Waals surface area contributed by atoms with E-state index in [0.717, 1.165) is 24.2 Å². The first-order valence-corrected chi connectivity index (χ1v) is 6.52. The Hall–Kier alpha value is -1.51. The first-order valence-electron chi connectivity index (χ1n) is 6.52. The zero-order chi connectivity index (χ0) is 13.5. The first-order chi connectivity index (χ1) is 8.52. The van der Waals surface area contributed by atoms with Gasteiger partial charge < -0.3 is 10.1 Å². The second-order valence-corrected chi connectivity index (χ2v) is 4.81. The fourth-order valence-corrected chi connectivity index (χ4v) is 1.93. The number of carbonyl (C=O) groups excluding carboxylic acids is 1. The van der Waals surface area contributed by atoms with Crippen LogP contribution in [0.2, 0.25) is 0 Å². The van der Waals surface area contributed by atoms with Gasteiger partial charge in [0.25, 0.3) is 5.91 Å². The van der Waals surface area contributed by atoms with Crippen LogP contribution in [0.1, 0.15) is 37.8 Å². The van der Waals surface area contributed by atoms with Crippen molar-refractivity contribution >= 4 is 5.91 Å². The van der Waals surface area contributed by atoms with Gasteiger partial charge in [-0.05, 0) is 38.8 Å². The van der Waals surface area contributed by atoms with Crippen LogP contribution in [0.3, 0.4) is 0 Å². The van der Waals surface area contributed by atoms with Gasteiger partial charge in [-0.15, -0.1) is 0 Å². The Balaban J connectivity index is 2.42. The fourth-order valence-electron chi connectivity index (χ4n) is 1.93. The Labute approximate surface area is 110 Å². The van der Waals surface area contributed by atoms with Crippen LogP contribution in [-0.4, -0.2) is 18.6 Å². The molecule has 1 aromatic carbocycles. The molecule has 0 aliphatic rings. The molecule has 18 heavy (non-hydrogen) atoms. The maximum atomic E-state index is 11.6. The van der Waals surface area contributed by atoms with Crippen molar-refractivity contribution in [2.24, 2.45) is 0 Å². The number of benzene rings is 1. The van der Waals surface area contributed by atoms with Crippen molar-refractivity contribution in [1.82, 2.24) is 5.32 Å². The lowest BCUT2D eigenvalue weighted by Crippen LogP contribution is -2.36. The highest BCUT2D eigenvalue weighted by atomic mass is 16.5. The monoisotopic (exact) mass is 249 g/mol. The summed E-state index contributed by atoms with van der Waals surface area (Å²) in [6.45, 7) is 8.22. The van der Waals surface area contributed by atoms with Crippen molar-refractivity contribution in [2.75, 3.05) is 6.61 Å². The molecule has 0 saturated carbocycles. The predicted molar refractivity (Wildman–Crippen MR) is 73.9 cm³/mol. The highest BCUT2D eigenvalue weighted by Crippen LogP contribution is 2.18. The zero-order valence-electron chi connectivity index (χ0n) is 11.7. The second-order valence-electron chi connectivity index (χ2n) is 4.81. The maximum Gasteiger partial charge on any atom is 0.258 e. The van der Waals surface area contributed by atoms with Crippen molar-refractivity contribution in [2.45, 2.75) is 46.6 Å². The average molecular weight is 249 g/mol. The Morgan fingerprint density at radius 2 is 2.11 bits per heavy atom. The minimum Gasteiger partial charge on any atom is -0.484 e. The maximum absolute atomic E-state index is 11.6. The summed E-state index contributed by atoms with van der Waals surface area (Å²) in [5.74, 6) is 0.717. The van der Waals surface area contributed by atoms with Gasteiger partial charge in [0.05, 0.1) is 0 Å². The zero-order valence-corrected chi connectivity index (χ0v) is 11.7. The number of rotatable bonds is 6. The molecule has 1 rings (SSSR count). The molecule has 3 nitrogen and oxygen atoms in total. The Kier molecular flexibility index (Phi) is 5.69. The summed E-state index contributed by atoms with van der Waals surface area (Å²) < 4.78 is 5.52. The molecule has 0 fully saturated rings. The van der Waals surface area contributed by atoms with Gasteiger partial charge in [0.15, 0.2) is 6.61 Å². The van der Waals surface area contributed by atoms with E-state index in [9.17, 15) is 4.79 Å². The molecule has 1 amide bonds. The van der Waals surface area contributed by atoms with E-state index >= 15 is 0 Å². The number of hydrogen-bond acceptors (Lipinski definition) is 2. The van der Waals surface area contributed by atoms with Crippen LogP contribution in [-0.2, 0) is 4.79 Å². The third-order valence-corrected chi connectivity index (χ3v) is 2.82. The molecule has 0 unspecified atom stereocenters. The molecule has 3 heteroatoms. The van der Waals surface area contributed by atoms with Gasteiger partial charge in [-0.25, -0.2) is 0 Å². The fraction of sp³-hybridized carbons (Fsp3) is 0.533. The van der Waals surface area contributed by atoms with Gasteiger partial charge in [-0.1, -0.05) is 31.0 Å². The van der Waals surface area contributed by atoms with Crippen molar-refractivity contribution in [3.05, 3.63) is 29.3 Å². The molecular formula is C15H23NO2. The minimum atomic E-state index is -0.0593. The lowest BCUT2D eigenvalue weighted by Gasteiger charge is -2.14. The summed E-state index contributed by atoms with van der Waals surface area (Å²) in [5, 5.41) is 2.92. The van der Waals surface area contributed by atoms with E-state index in [1.165, 1.54) is 5.56 Å². The van der Waals surface area contributed by atoms with Gasteiger partial charge in [-0.2, -0.15) is 0 Å². The van der Waals surface area contributed by atoms with Crippen LogP contribution < -0.4 is 10.1 Å². The second kappa shape index (κ2) is 7.04. The number of ether oxygens (including phenoxy) is 1. The largest absolute Gasteiger partial charge is 0.484 e. The van der Waals surface area contributed by atoms with Gasteiger partial charge in [-0.3, -0.25) is 4.79 Å². The number of amides is 1. The van der Waals surface area contributed by atoms with Gasteiger partial charge in [0.1, 0.15) is 5.75 Å². The van der Waals surface area contributed by atoms with E-state index < -0.39 is 0 Å². The Morgan fingerprint density at radius 1 is 1.39 bits per heavy atom. The molecule has 0 saturated heterocycles. The smallest absolute Gasteiger partial charge is 0.258 e. The summed E-state index contributed by atoms with van der Waals surface area (Å²) in [6, 6.07) is 6.16. The van der Waals surface area contributed by atoms with Gasteiger partial charge in [0.2, 0.25) is 0 Å². The van der Waals surface area contributed by atoms with E-state index in [-0.39, 0.29) is 18.6 Å². The molecule has 0 bridgehead atoms. The highest BCUT2D eigenvalue weighted by Gasteiger charge is 2.08. The minimum absolute atomic E-state index is 0.0593. The van der Waals surface area contributed by atoms with E-state index in [2.05, 4.69) is 12.2 Å². The van der Waals surface area contributed by atoms with Gasteiger partial charge in [0, 0.05) is 6.04 Å². The summed E-state index contributed by atoms with van der Waals surface area (Å²) in [5.41, 5.74) is 2.25. The molecular weight excluding hydrogens is 226 g/mol. The summed E-state index contributed by atoms with van der Waals surface area (Å²) in [6.07, 6.45) is 2.06. The SMILES string of the molecule is CCC[C@H](C)NC(=O)COc1ccc(C)cc1C. The van der Waals surface area contributed by atoms with Crippen LogP contribution in [0.5, 0.6) is 5.75 Å². The van der Waals surface area contributed by atoms with Crippen molar-refractivity contribution in [3.8, 4) is 5.75 Å². The number of nitrogens with one attached hydrogen (secondary N) is 1. The van der Waals surface area contributed by atoms with E-state index in [1.807, 2.05) is 39.0 Å². The van der Waals surface area contributed by atoms with Crippen molar-refractivity contribution in [3.63, 3.8) is 0 Å². The number of carbonyl (C=O) groups is 1. The lowest BCUT2D eigenvalue weighted by atomic mass is 10.1. The molecule has 0 heterocycles. The molecule has 0 spiro atoms. The molecule has 0 aliphatic carbocycles.